The monoisotopic (exact) mass is 630 g/mol. The van der Waals surface area contributed by atoms with Gasteiger partial charge in [-0.15, -0.1) is 11.3 Å². The molecule has 11 heteroatoms. The lowest BCUT2D eigenvalue weighted by Crippen LogP contribution is -2.49. The Kier molecular flexibility index (Phi) is 12.1. The number of benzene rings is 2. The Morgan fingerprint density at radius 3 is 2.40 bits per heavy atom. The summed E-state index contributed by atoms with van der Waals surface area (Å²) in [6.45, 7) is 3.72. The summed E-state index contributed by atoms with van der Waals surface area (Å²) in [5.41, 5.74) is 4.40. The highest BCUT2D eigenvalue weighted by Gasteiger charge is 2.25. The third-order valence-corrected chi connectivity index (χ3v) is 8.09. The number of hydrogen-bond acceptors (Lipinski definition) is 7. The van der Waals surface area contributed by atoms with Gasteiger partial charge in [-0.3, -0.25) is 9.59 Å². The molecule has 0 aliphatic carbocycles. The average Bonchev–Trinajstić information content (AvgIpc) is 3.73. The molecule has 4 aromatic rings. The number of nitrogens with one attached hydrogen (secondary N) is 3. The van der Waals surface area contributed by atoms with Crippen LogP contribution in [0.25, 0.3) is 38.5 Å². The number of hydrogen-bond donors (Lipinski definition) is 5. The van der Waals surface area contributed by atoms with Gasteiger partial charge in [0.15, 0.2) is 12.6 Å². The van der Waals surface area contributed by atoms with Crippen LogP contribution in [0.1, 0.15) is 45.1 Å². The van der Waals surface area contributed by atoms with Crippen LogP contribution >= 0.6 is 11.3 Å². The molecule has 0 aliphatic heterocycles. The summed E-state index contributed by atoms with van der Waals surface area (Å²) in [5, 5.41) is 24.7. The molecule has 45 heavy (non-hydrogen) atoms. The predicted octanol–water partition coefficient (Wildman–Crippen LogP) is 5.51. The summed E-state index contributed by atoms with van der Waals surface area (Å²) >= 11 is 1.56. The van der Waals surface area contributed by atoms with E-state index in [0.29, 0.717) is 12.3 Å². The first-order valence-corrected chi connectivity index (χ1v) is 15.7. The minimum absolute atomic E-state index is 0.104. The molecule has 2 unspecified atom stereocenters. The van der Waals surface area contributed by atoms with E-state index in [2.05, 4.69) is 22.5 Å². The number of nitrogens with zero attached hydrogens (tertiary/aromatic N) is 1. The Labute approximate surface area is 266 Å². The molecule has 0 bridgehead atoms. The van der Waals surface area contributed by atoms with E-state index in [9.17, 15) is 19.5 Å². The number of H-pyrrole nitrogens is 1. The number of carbonyl (C=O) groups excluding carboxylic acids is 2. The molecule has 2 heterocycles. The fourth-order valence-corrected chi connectivity index (χ4v) is 5.57. The molecule has 236 valence electrons. The van der Waals surface area contributed by atoms with Gasteiger partial charge in [-0.1, -0.05) is 50.5 Å². The predicted molar refractivity (Wildman–Crippen MR) is 176 cm³/mol. The standard InChI is InChI=1S/C34H38N4O6S/c1-3-4-5-6-19-36-28(40)18-11-23-9-12-25(13-10-23)32-31(38-33(45-32)27-8-7-20-35-27)24-14-16-26(17-15-24)44-21-29(41)37-30(22(2)39)34(42)43/h7-18,20,22,30,35,39H,3-6,19,21H2,1-2H3,(H,36,40)(H,37,41)(H,42,43). The van der Waals surface area contributed by atoms with Crippen molar-refractivity contribution in [3.8, 4) is 38.1 Å². The van der Waals surface area contributed by atoms with Crippen molar-refractivity contribution >= 4 is 35.2 Å². The van der Waals surface area contributed by atoms with Gasteiger partial charge in [0.25, 0.3) is 5.91 Å². The van der Waals surface area contributed by atoms with E-state index in [4.69, 9.17) is 14.8 Å². The zero-order valence-corrected chi connectivity index (χ0v) is 26.1. The first kappa shape index (κ1) is 33.2. The Bertz CT molecular complexity index is 1580. The highest BCUT2D eigenvalue weighted by Crippen LogP contribution is 2.40. The maximum Gasteiger partial charge on any atom is 0.328 e. The first-order chi connectivity index (χ1) is 21.7. The van der Waals surface area contributed by atoms with E-state index in [1.807, 2.05) is 54.7 Å². The second-order valence-corrected chi connectivity index (χ2v) is 11.5. The van der Waals surface area contributed by atoms with Gasteiger partial charge in [0.2, 0.25) is 5.91 Å². The minimum atomic E-state index is -1.42. The van der Waals surface area contributed by atoms with E-state index >= 15 is 0 Å². The van der Waals surface area contributed by atoms with Crippen LogP contribution in [-0.2, 0) is 14.4 Å². The van der Waals surface area contributed by atoms with Crippen molar-refractivity contribution in [2.24, 2.45) is 0 Å². The molecule has 4 rings (SSSR count). The number of carbonyl (C=O) groups is 3. The fourth-order valence-electron chi connectivity index (χ4n) is 4.49. The molecule has 10 nitrogen and oxygen atoms in total. The van der Waals surface area contributed by atoms with Crippen LogP contribution < -0.4 is 15.4 Å². The van der Waals surface area contributed by atoms with Crippen molar-refractivity contribution < 1.29 is 29.3 Å². The Morgan fingerprint density at radius 2 is 1.76 bits per heavy atom. The number of carboxylic acid groups (broad SMARTS) is 1. The average molecular weight is 631 g/mol. The van der Waals surface area contributed by atoms with Gasteiger partial charge in [-0.25, -0.2) is 9.78 Å². The maximum atomic E-state index is 12.2. The van der Waals surface area contributed by atoms with Crippen LogP contribution in [0, 0.1) is 0 Å². The molecule has 0 radical (unpaired) electrons. The number of rotatable bonds is 16. The molecule has 0 spiro atoms. The largest absolute Gasteiger partial charge is 0.484 e. The molecule has 0 aliphatic rings. The third-order valence-electron chi connectivity index (χ3n) is 6.95. The van der Waals surface area contributed by atoms with E-state index < -0.39 is 30.6 Å². The van der Waals surface area contributed by atoms with E-state index in [0.717, 1.165) is 57.2 Å². The highest BCUT2D eigenvalue weighted by atomic mass is 32.1. The molecule has 0 saturated carbocycles. The van der Waals surface area contributed by atoms with Gasteiger partial charge < -0.3 is 30.6 Å². The van der Waals surface area contributed by atoms with Crippen LogP contribution in [0.4, 0.5) is 0 Å². The molecule has 2 aromatic carbocycles. The number of aliphatic hydroxyl groups excluding tert-OH is 1. The zero-order valence-electron chi connectivity index (χ0n) is 25.3. The van der Waals surface area contributed by atoms with Crippen LogP contribution in [0.5, 0.6) is 5.75 Å². The summed E-state index contributed by atoms with van der Waals surface area (Å²) in [7, 11) is 0. The van der Waals surface area contributed by atoms with Crippen molar-refractivity contribution in [1.82, 2.24) is 20.6 Å². The SMILES string of the molecule is CCCCCCNC(=O)C=Cc1ccc(-c2sc(-c3ccc[nH]3)nc2-c2ccc(OCC(=O)NC(C(=O)O)C(C)O)cc2)cc1. The summed E-state index contributed by atoms with van der Waals surface area (Å²) in [5.74, 6) is -1.68. The van der Waals surface area contributed by atoms with Crippen LogP contribution in [0.2, 0.25) is 0 Å². The quantitative estimate of drug-likeness (QED) is 0.0808. The number of unbranched alkanes of at least 4 members (excludes halogenated alkanes) is 3. The van der Waals surface area contributed by atoms with Crippen molar-refractivity contribution in [3.05, 3.63) is 78.5 Å². The number of aromatic amines is 1. The van der Waals surface area contributed by atoms with Crippen molar-refractivity contribution in [1.29, 1.82) is 0 Å². The smallest absolute Gasteiger partial charge is 0.328 e. The number of carboxylic acids is 1. The van der Waals surface area contributed by atoms with Gasteiger partial charge in [0.1, 0.15) is 10.8 Å². The summed E-state index contributed by atoms with van der Waals surface area (Å²) in [4.78, 5) is 44.7. The van der Waals surface area contributed by atoms with E-state index in [-0.39, 0.29) is 5.91 Å². The molecule has 0 saturated heterocycles. The lowest BCUT2D eigenvalue weighted by molar-refractivity contribution is -0.145. The normalized spacial score (nSPS) is 12.5. The van der Waals surface area contributed by atoms with Gasteiger partial charge in [0, 0.05) is 24.4 Å². The van der Waals surface area contributed by atoms with Crippen LogP contribution in [0.15, 0.2) is 72.9 Å². The van der Waals surface area contributed by atoms with Crippen LogP contribution in [0.3, 0.4) is 0 Å². The molecule has 2 aromatic heterocycles. The Morgan fingerprint density at radius 1 is 1.02 bits per heavy atom. The zero-order chi connectivity index (χ0) is 32.2. The van der Waals surface area contributed by atoms with Crippen LogP contribution in [-0.4, -0.2) is 63.3 Å². The number of ether oxygens (including phenoxy) is 1. The number of thiazole rings is 1. The molecular formula is C34H38N4O6S. The summed E-state index contributed by atoms with van der Waals surface area (Å²) in [6, 6.07) is 17.5. The number of amides is 2. The highest BCUT2D eigenvalue weighted by molar-refractivity contribution is 7.18. The number of aliphatic hydroxyl groups is 1. The number of aromatic nitrogens is 2. The fraction of sp³-hybridized carbons (Fsp3) is 0.294. The molecule has 2 atom stereocenters. The lowest BCUT2D eigenvalue weighted by Gasteiger charge is -2.17. The van der Waals surface area contributed by atoms with Gasteiger partial charge in [0.05, 0.1) is 22.4 Å². The Balaban J connectivity index is 1.46. The van der Waals surface area contributed by atoms with Gasteiger partial charge in [-0.05, 0) is 66.9 Å². The first-order valence-electron chi connectivity index (χ1n) is 14.9. The maximum absolute atomic E-state index is 12.2. The second-order valence-electron chi connectivity index (χ2n) is 10.5. The van der Waals surface area contributed by atoms with Gasteiger partial charge in [-0.2, -0.15) is 0 Å². The lowest BCUT2D eigenvalue weighted by atomic mass is 10.0. The minimum Gasteiger partial charge on any atom is -0.484 e. The topological polar surface area (TPSA) is 154 Å². The third kappa shape index (κ3) is 9.62. The van der Waals surface area contributed by atoms with Crippen molar-refractivity contribution in [3.63, 3.8) is 0 Å². The second kappa shape index (κ2) is 16.4. The van der Waals surface area contributed by atoms with E-state index in [1.54, 1.807) is 35.6 Å². The van der Waals surface area contributed by atoms with E-state index in [1.165, 1.54) is 13.3 Å². The van der Waals surface area contributed by atoms with Crippen molar-refractivity contribution in [2.75, 3.05) is 13.2 Å². The Hall–Kier alpha value is -4.74. The molecular weight excluding hydrogens is 592 g/mol. The molecule has 5 N–H and O–H groups in total. The molecule has 2 amide bonds. The summed E-state index contributed by atoms with van der Waals surface area (Å²) < 4.78 is 5.54. The summed E-state index contributed by atoms with van der Waals surface area (Å²) in [6.07, 6.45) is 8.39. The van der Waals surface area contributed by atoms with Crippen molar-refractivity contribution in [2.45, 2.75) is 51.7 Å². The van der Waals surface area contributed by atoms with Gasteiger partial charge >= 0.3 is 5.97 Å². The number of aliphatic carboxylic acids is 1. The molecule has 0 fully saturated rings.